The van der Waals surface area contributed by atoms with Gasteiger partial charge in [-0.3, -0.25) is 14.0 Å². The van der Waals surface area contributed by atoms with E-state index in [9.17, 15) is 14.9 Å². The Kier molecular flexibility index (Phi) is 7.37. The fourth-order valence-corrected chi connectivity index (χ4v) is 3.19. The molecule has 0 aliphatic rings. The highest BCUT2D eigenvalue weighted by Crippen LogP contribution is 2.26. The van der Waals surface area contributed by atoms with Crippen LogP contribution in [-0.4, -0.2) is 35.6 Å². The number of carbonyl (C=O) groups is 1. The molecule has 3 aromatic rings. The zero-order valence-electron chi connectivity index (χ0n) is 18.2. The lowest BCUT2D eigenvalue weighted by Crippen LogP contribution is -2.27. The number of nitrogens with one attached hydrogen (secondary N) is 1. The Labute approximate surface area is 185 Å². The maximum atomic E-state index is 13.2. The Morgan fingerprint density at radius 3 is 2.69 bits per heavy atom. The predicted octanol–water partition coefficient (Wildman–Crippen LogP) is 3.16. The summed E-state index contributed by atoms with van der Waals surface area (Å²) in [6, 6.07) is 12.6. The fourth-order valence-electron chi connectivity index (χ4n) is 3.19. The number of amides is 1. The average molecular weight is 432 g/mol. The van der Waals surface area contributed by atoms with E-state index in [1.54, 1.807) is 31.5 Å². The Morgan fingerprint density at radius 1 is 1.25 bits per heavy atom. The van der Waals surface area contributed by atoms with Gasteiger partial charge < -0.3 is 14.8 Å². The van der Waals surface area contributed by atoms with Gasteiger partial charge in [0, 0.05) is 26.5 Å². The normalized spacial score (nSPS) is 11.2. The molecule has 0 fully saturated rings. The van der Waals surface area contributed by atoms with Crippen molar-refractivity contribution in [3.63, 3.8) is 0 Å². The molecule has 0 saturated carbocycles. The molecule has 8 heteroatoms. The molecule has 0 atom stereocenters. The number of fused-ring (bicyclic) bond motifs is 1. The van der Waals surface area contributed by atoms with Crippen molar-refractivity contribution in [3.05, 3.63) is 75.2 Å². The standard InChI is InChI=1S/C24H24N4O4/c1-16-11-17(2)13-19(12-16)32-23-20(24(30)28-9-5-4-7-21(28)27-23)14-18(15-25)22(29)26-8-6-10-31-3/h4-5,7,9,11-14H,6,8,10H2,1-3H3,(H,26,29). The third kappa shape index (κ3) is 5.39. The van der Waals surface area contributed by atoms with Crippen LogP contribution in [0.15, 0.2) is 53.0 Å². The topological polar surface area (TPSA) is 106 Å². The Morgan fingerprint density at radius 2 is 2.00 bits per heavy atom. The van der Waals surface area contributed by atoms with Crippen molar-refractivity contribution in [1.82, 2.24) is 14.7 Å². The van der Waals surface area contributed by atoms with Crippen molar-refractivity contribution in [2.75, 3.05) is 20.3 Å². The van der Waals surface area contributed by atoms with E-state index in [1.165, 1.54) is 10.5 Å². The van der Waals surface area contributed by atoms with Gasteiger partial charge >= 0.3 is 0 Å². The van der Waals surface area contributed by atoms with Crippen molar-refractivity contribution in [2.24, 2.45) is 0 Å². The Balaban J connectivity index is 2.07. The number of ether oxygens (including phenoxy) is 2. The van der Waals surface area contributed by atoms with Crippen LogP contribution >= 0.6 is 0 Å². The van der Waals surface area contributed by atoms with Crippen LogP contribution < -0.4 is 15.6 Å². The van der Waals surface area contributed by atoms with Crippen molar-refractivity contribution in [1.29, 1.82) is 5.26 Å². The summed E-state index contributed by atoms with van der Waals surface area (Å²) in [5.74, 6) is -0.0588. The minimum absolute atomic E-state index is 0.0106. The molecule has 0 saturated heterocycles. The first-order valence-electron chi connectivity index (χ1n) is 10.1. The van der Waals surface area contributed by atoms with Gasteiger partial charge in [0.25, 0.3) is 11.5 Å². The number of methoxy groups -OCH3 is 1. The molecule has 2 heterocycles. The molecule has 0 aliphatic heterocycles. The number of nitrogens with zero attached hydrogens (tertiary/aromatic N) is 3. The van der Waals surface area contributed by atoms with E-state index in [4.69, 9.17) is 9.47 Å². The van der Waals surface area contributed by atoms with Gasteiger partial charge in [-0.05, 0) is 61.7 Å². The van der Waals surface area contributed by atoms with Gasteiger partial charge in [0.15, 0.2) is 0 Å². The van der Waals surface area contributed by atoms with Gasteiger partial charge in [-0.1, -0.05) is 12.1 Å². The van der Waals surface area contributed by atoms with Gasteiger partial charge in [0.1, 0.15) is 28.6 Å². The highest BCUT2D eigenvalue weighted by atomic mass is 16.5. The van der Waals surface area contributed by atoms with E-state index < -0.39 is 11.5 Å². The molecule has 8 nitrogen and oxygen atoms in total. The lowest BCUT2D eigenvalue weighted by atomic mass is 10.1. The van der Waals surface area contributed by atoms with Crippen molar-refractivity contribution in [3.8, 4) is 17.7 Å². The molecule has 1 N–H and O–H groups in total. The number of hydrogen-bond donors (Lipinski definition) is 1. The Hall–Kier alpha value is -3.96. The van der Waals surface area contributed by atoms with Crippen LogP contribution in [0.2, 0.25) is 0 Å². The average Bonchev–Trinajstić information content (AvgIpc) is 2.76. The van der Waals surface area contributed by atoms with Crippen LogP contribution in [0.5, 0.6) is 11.6 Å². The first-order valence-corrected chi connectivity index (χ1v) is 10.1. The van der Waals surface area contributed by atoms with Crippen LogP contribution in [0.1, 0.15) is 23.1 Å². The number of carbonyl (C=O) groups excluding carboxylic acids is 1. The van der Waals surface area contributed by atoms with Gasteiger partial charge in [-0.2, -0.15) is 10.2 Å². The molecule has 1 amide bonds. The van der Waals surface area contributed by atoms with E-state index >= 15 is 0 Å². The lowest BCUT2D eigenvalue weighted by Gasteiger charge is -2.11. The number of pyridine rings is 1. The molecule has 0 unspecified atom stereocenters. The molecular weight excluding hydrogens is 408 g/mol. The number of aromatic nitrogens is 2. The summed E-state index contributed by atoms with van der Waals surface area (Å²) in [6.45, 7) is 4.69. The monoisotopic (exact) mass is 432 g/mol. The number of nitriles is 1. The van der Waals surface area contributed by atoms with Gasteiger partial charge in [0.05, 0.1) is 0 Å². The molecule has 164 valence electrons. The molecule has 0 aliphatic carbocycles. The van der Waals surface area contributed by atoms with E-state index in [-0.39, 0.29) is 17.0 Å². The van der Waals surface area contributed by atoms with E-state index in [0.717, 1.165) is 11.1 Å². The SMILES string of the molecule is COCCCNC(=O)C(C#N)=Cc1c(Oc2cc(C)cc(C)c2)nc2ccccn2c1=O. The van der Waals surface area contributed by atoms with E-state index in [2.05, 4.69) is 10.3 Å². The number of hydrogen-bond acceptors (Lipinski definition) is 6. The Bertz CT molecular complexity index is 1250. The van der Waals surface area contributed by atoms with Crippen LogP contribution in [-0.2, 0) is 9.53 Å². The third-order valence-electron chi connectivity index (χ3n) is 4.61. The molecule has 0 radical (unpaired) electrons. The second-order valence-electron chi connectivity index (χ2n) is 7.26. The van der Waals surface area contributed by atoms with Crippen molar-refractivity contribution >= 4 is 17.6 Å². The molecule has 1 aromatic carbocycles. The lowest BCUT2D eigenvalue weighted by molar-refractivity contribution is -0.117. The molecular formula is C24H24N4O4. The maximum Gasteiger partial charge on any atom is 0.269 e. The summed E-state index contributed by atoms with van der Waals surface area (Å²) in [6.07, 6.45) is 3.39. The third-order valence-corrected chi connectivity index (χ3v) is 4.61. The number of aryl methyl sites for hydroxylation is 2. The fraction of sp³-hybridized carbons (Fsp3) is 0.250. The predicted molar refractivity (Wildman–Crippen MR) is 121 cm³/mol. The number of benzene rings is 1. The first kappa shape index (κ1) is 22.7. The van der Waals surface area contributed by atoms with Gasteiger partial charge in [-0.15, -0.1) is 0 Å². The summed E-state index contributed by atoms with van der Waals surface area (Å²) in [7, 11) is 1.57. The minimum atomic E-state index is -0.585. The highest BCUT2D eigenvalue weighted by Gasteiger charge is 2.17. The molecule has 0 bridgehead atoms. The van der Waals surface area contributed by atoms with Gasteiger partial charge in [0.2, 0.25) is 5.88 Å². The summed E-state index contributed by atoms with van der Waals surface area (Å²) in [4.78, 5) is 30.1. The summed E-state index contributed by atoms with van der Waals surface area (Å²) in [5.41, 5.74) is 1.70. The minimum Gasteiger partial charge on any atom is -0.438 e. The zero-order valence-corrected chi connectivity index (χ0v) is 18.2. The smallest absolute Gasteiger partial charge is 0.269 e. The van der Waals surface area contributed by atoms with Crippen LogP contribution in [0, 0.1) is 25.2 Å². The molecule has 2 aromatic heterocycles. The number of rotatable bonds is 8. The second kappa shape index (κ2) is 10.4. The molecule has 32 heavy (non-hydrogen) atoms. The maximum absolute atomic E-state index is 13.2. The quantitative estimate of drug-likeness (QED) is 0.333. The summed E-state index contributed by atoms with van der Waals surface area (Å²) < 4.78 is 12.3. The van der Waals surface area contributed by atoms with Crippen molar-refractivity contribution < 1.29 is 14.3 Å². The second-order valence-corrected chi connectivity index (χ2v) is 7.26. The first-order chi connectivity index (χ1) is 15.4. The summed E-state index contributed by atoms with van der Waals surface area (Å²) in [5, 5.41) is 12.2. The zero-order chi connectivity index (χ0) is 23.1. The summed E-state index contributed by atoms with van der Waals surface area (Å²) >= 11 is 0. The van der Waals surface area contributed by atoms with Crippen LogP contribution in [0.25, 0.3) is 11.7 Å². The van der Waals surface area contributed by atoms with Crippen LogP contribution in [0.4, 0.5) is 0 Å². The van der Waals surface area contributed by atoms with E-state index in [0.29, 0.717) is 31.0 Å². The van der Waals surface area contributed by atoms with Crippen molar-refractivity contribution in [2.45, 2.75) is 20.3 Å². The highest BCUT2D eigenvalue weighted by molar-refractivity contribution is 6.01. The molecule has 3 rings (SSSR count). The van der Waals surface area contributed by atoms with E-state index in [1.807, 2.05) is 38.1 Å². The van der Waals surface area contributed by atoms with Crippen LogP contribution in [0.3, 0.4) is 0 Å². The largest absolute Gasteiger partial charge is 0.438 e. The molecule has 0 spiro atoms. The van der Waals surface area contributed by atoms with Gasteiger partial charge in [-0.25, -0.2) is 0 Å².